The number of nitrogens with zero attached hydrogens (tertiary/aromatic N) is 2. The summed E-state index contributed by atoms with van der Waals surface area (Å²) in [6, 6.07) is 4.03. The highest BCUT2D eigenvalue weighted by molar-refractivity contribution is 5.98. The predicted octanol–water partition coefficient (Wildman–Crippen LogP) is 1.27. The van der Waals surface area contributed by atoms with Gasteiger partial charge in [-0.3, -0.25) is 29.5 Å². The average molecular weight is 374 g/mol. The Hall–Kier alpha value is -3.43. The third-order valence-electron chi connectivity index (χ3n) is 4.53. The van der Waals surface area contributed by atoms with Crippen molar-refractivity contribution in [1.29, 1.82) is 0 Å². The first-order valence-corrected chi connectivity index (χ1v) is 8.23. The summed E-state index contributed by atoms with van der Waals surface area (Å²) in [4.78, 5) is 47.5. The first-order valence-electron chi connectivity index (χ1n) is 8.23. The molecule has 0 saturated carbocycles. The molecular weight excluding hydrogens is 356 g/mol. The Bertz CT molecular complexity index is 972. The number of ether oxygens (including phenoxy) is 1. The standard InChI is InChI=1S/C17H18N4O6/c1-8(2)20-14-12(15(22)19-20)11(13(21(25)26)16(23)18-14)9-4-6-10(7-5-9)17(24)27-3/h4-8,11,13H,1-3H3,(H,18,23)(H,19,22)/t11-,13-/m1/s1. The molecule has 0 aliphatic carbocycles. The number of benzene rings is 1. The molecule has 2 N–H and O–H groups in total. The number of fused-ring (bicyclic) bond motifs is 1. The van der Waals surface area contributed by atoms with Gasteiger partial charge in [-0.25, -0.2) is 4.79 Å². The number of hydrogen-bond acceptors (Lipinski definition) is 6. The third-order valence-corrected chi connectivity index (χ3v) is 4.53. The lowest BCUT2D eigenvalue weighted by atomic mass is 9.83. The number of carbonyl (C=O) groups excluding carboxylic acids is 2. The number of nitrogens with one attached hydrogen (secondary N) is 2. The lowest BCUT2D eigenvalue weighted by molar-refractivity contribution is -0.509. The van der Waals surface area contributed by atoms with Crippen molar-refractivity contribution in [2.45, 2.75) is 31.8 Å². The molecule has 3 rings (SSSR count). The van der Waals surface area contributed by atoms with Crippen molar-refractivity contribution in [2.75, 3.05) is 12.4 Å². The number of aromatic amines is 1. The predicted molar refractivity (Wildman–Crippen MR) is 94.5 cm³/mol. The number of hydrogen-bond donors (Lipinski definition) is 2. The Labute approximate surface area is 153 Å². The van der Waals surface area contributed by atoms with Crippen LogP contribution in [-0.2, 0) is 9.53 Å². The van der Waals surface area contributed by atoms with E-state index in [1.165, 1.54) is 36.1 Å². The normalized spacial score (nSPS) is 18.7. The SMILES string of the molecule is COC(=O)c1ccc([C@@H]2c3c(n(C(C)C)[nH]c3=O)NC(=O)[C@@H]2[N+](=O)[O-])cc1. The number of anilines is 1. The molecule has 0 saturated heterocycles. The van der Waals surface area contributed by atoms with Gasteiger partial charge in [0, 0.05) is 11.0 Å². The van der Waals surface area contributed by atoms with Crippen LogP contribution in [0, 0.1) is 10.1 Å². The molecule has 0 radical (unpaired) electrons. The molecule has 10 heteroatoms. The maximum atomic E-state index is 12.5. The van der Waals surface area contributed by atoms with Crippen LogP contribution < -0.4 is 10.9 Å². The summed E-state index contributed by atoms with van der Waals surface area (Å²) >= 11 is 0. The topological polar surface area (TPSA) is 136 Å². The van der Waals surface area contributed by atoms with E-state index in [0.717, 1.165) is 0 Å². The van der Waals surface area contributed by atoms with Crippen molar-refractivity contribution in [3.63, 3.8) is 0 Å². The van der Waals surface area contributed by atoms with Gasteiger partial charge in [0.05, 0.1) is 24.2 Å². The summed E-state index contributed by atoms with van der Waals surface area (Å²) in [5.41, 5.74) is 0.254. The molecule has 0 unspecified atom stereocenters. The van der Waals surface area contributed by atoms with Crippen LogP contribution in [0.4, 0.5) is 5.82 Å². The number of rotatable bonds is 4. The van der Waals surface area contributed by atoms with Crippen LogP contribution in [0.5, 0.6) is 0 Å². The lowest BCUT2D eigenvalue weighted by Crippen LogP contribution is -2.45. The van der Waals surface area contributed by atoms with Gasteiger partial charge in [-0.1, -0.05) is 12.1 Å². The zero-order chi connectivity index (χ0) is 19.9. The number of carbonyl (C=O) groups is 2. The fourth-order valence-electron chi connectivity index (χ4n) is 3.28. The molecule has 142 valence electrons. The zero-order valence-corrected chi connectivity index (χ0v) is 14.9. The molecule has 10 nitrogen and oxygen atoms in total. The van der Waals surface area contributed by atoms with Crippen molar-refractivity contribution in [3.8, 4) is 0 Å². The van der Waals surface area contributed by atoms with Crippen molar-refractivity contribution in [3.05, 3.63) is 61.4 Å². The number of nitro groups is 1. The van der Waals surface area contributed by atoms with E-state index in [1.54, 1.807) is 0 Å². The summed E-state index contributed by atoms with van der Waals surface area (Å²) in [6.45, 7) is 3.62. The quantitative estimate of drug-likeness (QED) is 0.470. The summed E-state index contributed by atoms with van der Waals surface area (Å²) < 4.78 is 6.11. The summed E-state index contributed by atoms with van der Waals surface area (Å²) in [7, 11) is 1.24. The summed E-state index contributed by atoms with van der Waals surface area (Å²) in [5.74, 6) is -2.22. The maximum absolute atomic E-state index is 12.5. The molecule has 1 aromatic heterocycles. The average Bonchev–Trinajstić information content (AvgIpc) is 2.96. The van der Waals surface area contributed by atoms with E-state index in [4.69, 9.17) is 0 Å². The Balaban J connectivity index is 2.19. The number of esters is 1. The van der Waals surface area contributed by atoms with Crippen LogP contribution in [0.1, 0.15) is 47.3 Å². The van der Waals surface area contributed by atoms with Gasteiger partial charge in [0.15, 0.2) is 0 Å². The van der Waals surface area contributed by atoms with E-state index in [-0.39, 0.29) is 23.0 Å². The smallest absolute Gasteiger partial charge is 0.337 e. The van der Waals surface area contributed by atoms with Crippen LogP contribution in [0.3, 0.4) is 0 Å². The Morgan fingerprint density at radius 1 is 1.26 bits per heavy atom. The summed E-state index contributed by atoms with van der Waals surface area (Å²) in [5, 5.41) is 16.7. The Morgan fingerprint density at radius 2 is 1.89 bits per heavy atom. The highest BCUT2D eigenvalue weighted by Crippen LogP contribution is 2.37. The first-order chi connectivity index (χ1) is 12.8. The molecule has 0 fully saturated rings. The van der Waals surface area contributed by atoms with Crippen molar-refractivity contribution >= 4 is 17.7 Å². The highest BCUT2D eigenvalue weighted by Gasteiger charge is 2.48. The van der Waals surface area contributed by atoms with Crippen LogP contribution in [0.2, 0.25) is 0 Å². The second kappa shape index (κ2) is 6.71. The van der Waals surface area contributed by atoms with Crippen molar-refractivity contribution < 1.29 is 19.2 Å². The van der Waals surface area contributed by atoms with E-state index in [0.29, 0.717) is 5.56 Å². The minimum Gasteiger partial charge on any atom is -0.465 e. The van der Waals surface area contributed by atoms with Gasteiger partial charge in [0.1, 0.15) is 5.82 Å². The van der Waals surface area contributed by atoms with Gasteiger partial charge in [0.2, 0.25) is 0 Å². The van der Waals surface area contributed by atoms with Crippen LogP contribution in [0.25, 0.3) is 0 Å². The molecule has 2 atom stereocenters. The molecule has 27 heavy (non-hydrogen) atoms. The number of amides is 1. The lowest BCUT2D eigenvalue weighted by Gasteiger charge is -2.26. The number of methoxy groups -OCH3 is 1. The monoisotopic (exact) mass is 374 g/mol. The molecule has 1 aliphatic heterocycles. The fraction of sp³-hybridized carbons (Fsp3) is 0.353. The molecule has 1 amide bonds. The van der Waals surface area contributed by atoms with Gasteiger partial charge in [-0.05, 0) is 31.5 Å². The van der Waals surface area contributed by atoms with Gasteiger partial charge < -0.3 is 10.1 Å². The highest BCUT2D eigenvalue weighted by atomic mass is 16.6. The third kappa shape index (κ3) is 2.98. The number of H-pyrrole nitrogens is 1. The van der Waals surface area contributed by atoms with Gasteiger partial charge in [-0.2, -0.15) is 0 Å². The molecule has 2 heterocycles. The van der Waals surface area contributed by atoms with E-state index >= 15 is 0 Å². The molecular formula is C17H18N4O6. The minimum atomic E-state index is -1.66. The molecule has 0 spiro atoms. The maximum Gasteiger partial charge on any atom is 0.337 e. The van der Waals surface area contributed by atoms with Gasteiger partial charge >= 0.3 is 17.9 Å². The fourth-order valence-corrected chi connectivity index (χ4v) is 3.28. The molecule has 0 bridgehead atoms. The second-order valence-electron chi connectivity index (χ2n) is 6.48. The zero-order valence-electron chi connectivity index (χ0n) is 14.9. The van der Waals surface area contributed by atoms with E-state index in [9.17, 15) is 24.5 Å². The largest absolute Gasteiger partial charge is 0.465 e. The van der Waals surface area contributed by atoms with Gasteiger partial charge in [0.25, 0.3) is 5.56 Å². The molecule has 1 aromatic carbocycles. The molecule has 2 aromatic rings. The van der Waals surface area contributed by atoms with Crippen LogP contribution >= 0.6 is 0 Å². The van der Waals surface area contributed by atoms with Crippen molar-refractivity contribution in [2.24, 2.45) is 0 Å². The summed E-state index contributed by atoms with van der Waals surface area (Å²) in [6.07, 6.45) is 0. The van der Waals surface area contributed by atoms with Gasteiger partial charge in [-0.15, -0.1) is 0 Å². The Morgan fingerprint density at radius 3 is 2.41 bits per heavy atom. The number of aromatic nitrogens is 2. The first kappa shape index (κ1) is 18.4. The Kier molecular flexibility index (Phi) is 4.56. The van der Waals surface area contributed by atoms with E-state index in [2.05, 4.69) is 15.2 Å². The van der Waals surface area contributed by atoms with Crippen LogP contribution in [-0.4, -0.2) is 39.7 Å². The van der Waals surface area contributed by atoms with Crippen LogP contribution in [0.15, 0.2) is 29.1 Å². The van der Waals surface area contributed by atoms with E-state index in [1.807, 2.05) is 13.8 Å². The van der Waals surface area contributed by atoms with Crippen molar-refractivity contribution in [1.82, 2.24) is 9.78 Å². The molecule has 1 aliphatic rings. The second-order valence-corrected chi connectivity index (χ2v) is 6.48. The minimum absolute atomic E-state index is 0.121. The van der Waals surface area contributed by atoms with E-state index < -0.39 is 34.3 Å².